The summed E-state index contributed by atoms with van der Waals surface area (Å²) < 4.78 is 34.1. The predicted octanol–water partition coefficient (Wildman–Crippen LogP) is -0.203. The van der Waals surface area contributed by atoms with Gasteiger partial charge in [0.15, 0.2) is 0 Å². The Hall–Kier alpha value is -0.0100. The van der Waals surface area contributed by atoms with Gasteiger partial charge in [-0.2, -0.15) is 0 Å². The Morgan fingerprint density at radius 3 is 1.94 bits per heavy atom. The summed E-state index contributed by atoms with van der Waals surface area (Å²) in [5.41, 5.74) is 0. The Bertz CT molecular complexity index is 199. The first-order chi connectivity index (χ1) is 7.62. The summed E-state index contributed by atoms with van der Waals surface area (Å²) in [5.74, 6) is 0. The fraction of sp³-hybridized carbons (Fsp3) is 1.00. The number of methoxy groups -OCH3 is 1. The smallest absolute Gasteiger partial charge is 0.267 e. The van der Waals surface area contributed by atoms with Crippen LogP contribution in [-0.2, 0) is 27.8 Å². The molecule has 0 aliphatic heterocycles. The molecule has 0 saturated carbocycles. The van der Waals surface area contributed by atoms with Crippen molar-refractivity contribution in [2.45, 2.75) is 0 Å². The van der Waals surface area contributed by atoms with E-state index in [1.807, 2.05) is 0 Å². The molecule has 0 aliphatic carbocycles. The zero-order chi connectivity index (χ0) is 12.3. The van der Waals surface area contributed by atoms with Crippen molar-refractivity contribution in [1.82, 2.24) is 0 Å². The Labute approximate surface area is 95.2 Å². The van der Waals surface area contributed by atoms with Crippen LogP contribution in [0, 0.1) is 0 Å². The van der Waals surface area contributed by atoms with Crippen molar-refractivity contribution in [3.8, 4) is 0 Å². The molecule has 1 atom stereocenters. The molecule has 0 aliphatic rings. The highest BCUT2D eigenvalue weighted by Gasteiger charge is 2.04. The van der Waals surface area contributed by atoms with Crippen LogP contribution in [0.5, 0.6) is 0 Å². The molecule has 0 amide bonds. The van der Waals surface area contributed by atoms with Gasteiger partial charge in [0, 0.05) is 14.2 Å². The Balaban J connectivity index is 3.13. The van der Waals surface area contributed by atoms with E-state index in [0.717, 1.165) is 7.11 Å². The molecule has 0 aromatic heterocycles. The summed E-state index contributed by atoms with van der Waals surface area (Å²) in [6, 6.07) is 0. The zero-order valence-electron chi connectivity index (χ0n) is 9.55. The van der Waals surface area contributed by atoms with Gasteiger partial charge < -0.3 is 28.2 Å². The van der Waals surface area contributed by atoms with Crippen molar-refractivity contribution in [3.63, 3.8) is 0 Å². The molecule has 0 fully saturated rings. The quantitative estimate of drug-likeness (QED) is 0.374. The van der Waals surface area contributed by atoms with Crippen molar-refractivity contribution in [2.75, 3.05) is 53.9 Å². The standard InChI is InChI=1S/C8H19O7P/c1-11-3-4-13-5-6-14-7-8-15-16(9,10)12-2/h3-8H2,1-2H3,(H,9,10)/p-1. The van der Waals surface area contributed by atoms with Gasteiger partial charge in [0.2, 0.25) is 0 Å². The van der Waals surface area contributed by atoms with E-state index in [1.54, 1.807) is 7.11 Å². The van der Waals surface area contributed by atoms with Gasteiger partial charge in [-0.3, -0.25) is 4.57 Å². The SMILES string of the molecule is COCCOCCOCCOP(=O)([O-])OC. The van der Waals surface area contributed by atoms with Gasteiger partial charge in [-0.25, -0.2) is 0 Å². The van der Waals surface area contributed by atoms with Crippen molar-refractivity contribution in [2.24, 2.45) is 0 Å². The fourth-order valence-corrected chi connectivity index (χ4v) is 1.13. The lowest BCUT2D eigenvalue weighted by molar-refractivity contribution is -0.223. The third kappa shape index (κ3) is 10.5. The predicted molar refractivity (Wildman–Crippen MR) is 54.1 cm³/mol. The van der Waals surface area contributed by atoms with Crippen LogP contribution in [0.4, 0.5) is 0 Å². The normalized spacial score (nSPS) is 14.9. The van der Waals surface area contributed by atoms with E-state index >= 15 is 0 Å². The molecule has 0 radical (unpaired) electrons. The van der Waals surface area contributed by atoms with Crippen LogP contribution in [0.25, 0.3) is 0 Å². The van der Waals surface area contributed by atoms with Crippen molar-refractivity contribution in [1.29, 1.82) is 0 Å². The summed E-state index contributed by atoms with van der Waals surface area (Å²) in [7, 11) is -1.49. The van der Waals surface area contributed by atoms with Crippen LogP contribution in [0.15, 0.2) is 0 Å². The highest BCUT2D eigenvalue weighted by molar-refractivity contribution is 7.45. The maximum Gasteiger partial charge on any atom is 0.267 e. The molecule has 16 heavy (non-hydrogen) atoms. The van der Waals surface area contributed by atoms with E-state index in [1.165, 1.54) is 0 Å². The Morgan fingerprint density at radius 1 is 0.938 bits per heavy atom. The number of phosphoric acid groups is 1. The van der Waals surface area contributed by atoms with Crippen LogP contribution >= 0.6 is 7.82 Å². The summed E-state index contributed by atoms with van der Waals surface area (Å²) in [6.45, 7) is 1.97. The lowest BCUT2D eigenvalue weighted by Gasteiger charge is -2.19. The molecule has 1 unspecified atom stereocenters. The molecular weight excluding hydrogens is 239 g/mol. The Kier molecular flexibility index (Phi) is 10.2. The van der Waals surface area contributed by atoms with Gasteiger partial charge in [-0.1, -0.05) is 0 Å². The first-order valence-electron chi connectivity index (χ1n) is 4.78. The van der Waals surface area contributed by atoms with Crippen LogP contribution < -0.4 is 4.89 Å². The molecule has 0 spiro atoms. The summed E-state index contributed by atoms with van der Waals surface area (Å²) in [5, 5.41) is 0. The van der Waals surface area contributed by atoms with E-state index < -0.39 is 7.82 Å². The fourth-order valence-electron chi connectivity index (χ4n) is 0.725. The number of ether oxygens (including phenoxy) is 3. The minimum absolute atomic E-state index is 0.0628. The van der Waals surface area contributed by atoms with E-state index in [4.69, 9.17) is 14.2 Å². The molecule has 8 heteroatoms. The summed E-state index contributed by atoms with van der Waals surface area (Å²) in [6.07, 6.45) is 0. The number of hydrogen-bond donors (Lipinski definition) is 0. The third-order valence-corrected chi connectivity index (χ3v) is 2.45. The average molecular weight is 257 g/mol. The van der Waals surface area contributed by atoms with Gasteiger partial charge in [0.05, 0.1) is 39.6 Å². The largest absolute Gasteiger partial charge is 0.756 e. The van der Waals surface area contributed by atoms with Crippen molar-refractivity contribution < 1.29 is 32.7 Å². The van der Waals surface area contributed by atoms with Gasteiger partial charge in [0.1, 0.15) is 0 Å². The summed E-state index contributed by atoms with van der Waals surface area (Å²) >= 11 is 0. The minimum atomic E-state index is -4.12. The van der Waals surface area contributed by atoms with E-state index in [2.05, 4.69) is 9.05 Å². The second-order valence-corrected chi connectivity index (χ2v) is 4.20. The average Bonchev–Trinajstić information content (AvgIpc) is 2.27. The lowest BCUT2D eigenvalue weighted by Crippen LogP contribution is -2.13. The summed E-state index contributed by atoms with van der Waals surface area (Å²) in [4.78, 5) is 10.7. The molecule has 7 nitrogen and oxygen atoms in total. The maximum absolute atomic E-state index is 10.7. The molecule has 98 valence electrons. The molecule has 0 heterocycles. The second kappa shape index (κ2) is 10.2. The molecule has 0 saturated heterocycles. The Morgan fingerprint density at radius 2 is 1.44 bits per heavy atom. The number of rotatable bonds is 11. The second-order valence-electron chi connectivity index (χ2n) is 2.68. The molecule has 0 N–H and O–H groups in total. The van der Waals surface area contributed by atoms with Gasteiger partial charge in [0.25, 0.3) is 7.82 Å². The van der Waals surface area contributed by atoms with Crippen LogP contribution in [0.1, 0.15) is 0 Å². The monoisotopic (exact) mass is 257 g/mol. The molecule has 0 bridgehead atoms. The number of hydrogen-bond acceptors (Lipinski definition) is 7. The first kappa shape index (κ1) is 16.0. The number of phosphoric ester groups is 1. The van der Waals surface area contributed by atoms with E-state index in [9.17, 15) is 9.46 Å². The van der Waals surface area contributed by atoms with Gasteiger partial charge >= 0.3 is 0 Å². The highest BCUT2D eigenvalue weighted by Crippen LogP contribution is 2.36. The van der Waals surface area contributed by atoms with E-state index in [-0.39, 0.29) is 13.2 Å². The highest BCUT2D eigenvalue weighted by atomic mass is 31.2. The third-order valence-electron chi connectivity index (χ3n) is 1.50. The van der Waals surface area contributed by atoms with Crippen LogP contribution in [0.3, 0.4) is 0 Å². The van der Waals surface area contributed by atoms with Crippen LogP contribution in [0.2, 0.25) is 0 Å². The van der Waals surface area contributed by atoms with E-state index in [0.29, 0.717) is 26.4 Å². The van der Waals surface area contributed by atoms with Crippen molar-refractivity contribution in [3.05, 3.63) is 0 Å². The topological polar surface area (TPSA) is 86.3 Å². The lowest BCUT2D eigenvalue weighted by atomic mass is 10.7. The minimum Gasteiger partial charge on any atom is -0.756 e. The zero-order valence-corrected chi connectivity index (χ0v) is 10.4. The maximum atomic E-state index is 10.7. The molecule has 0 rings (SSSR count). The first-order valence-corrected chi connectivity index (χ1v) is 6.24. The van der Waals surface area contributed by atoms with Gasteiger partial charge in [-0.15, -0.1) is 0 Å². The molecule has 0 aromatic carbocycles. The molecular formula is C8H18O7P-. The van der Waals surface area contributed by atoms with Crippen LogP contribution in [-0.4, -0.2) is 53.9 Å². The molecule has 0 aromatic rings. The van der Waals surface area contributed by atoms with Crippen molar-refractivity contribution >= 4 is 7.82 Å². The van der Waals surface area contributed by atoms with Gasteiger partial charge in [-0.05, 0) is 0 Å².